The van der Waals surface area contributed by atoms with Gasteiger partial charge in [0.05, 0.1) is 47.6 Å². The van der Waals surface area contributed by atoms with E-state index in [1.807, 2.05) is 4.90 Å². The highest BCUT2D eigenvalue weighted by atomic mass is 32.1. The number of thiocarbonyl (C=S) groups is 1. The van der Waals surface area contributed by atoms with Crippen LogP contribution >= 0.6 is 12.2 Å². The van der Waals surface area contributed by atoms with Gasteiger partial charge in [0.15, 0.2) is 5.11 Å². The highest BCUT2D eigenvalue weighted by molar-refractivity contribution is 7.80. The molecule has 4 amide bonds. The first kappa shape index (κ1) is 42.1. The minimum atomic E-state index is -4.77. The molecule has 0 radical (unpaired) electrons. The summed E-state index contributed by atoms with van der Waals surface area (Å²) in [5, 5.41) is 14.7. The van der Waals surface area contributed by atoms with Crippen molar-refractivity contribution in [3.8, 4) is 6.07 Å². The van der Waals surface area contributed by atoms with Crippen LogP contribution in [0.1, 0.15) is 89.8 Å². The number of alkyl halides is 3. The molecule has 306 valence electrons. The van der Waals surface area contributed by atoms with Gasteiger partial charge >= 0.3 is 6.18 Å². The molecule has 1 saturated carbocycles. The van der Waals surface area contributed by atoms with Crippen molar-refractivity contribution in [3.63, 3.8) is 0 Å². The molecule has 57 heavy (non-hydrogen) atoms. The Bertz CT molecular complexity index is 1950. The average Bonchev–Trinajstić information content (AvgIpc) is 3.33. The highest BCUT2D eigenvalue weighted by Gasteiger charge is 2.53. The molecule has 4 aliphatic rings. The van der Waals surface area contributed by atoms with Gasteiger partial charge in [-0.05, 0) is 115 Å². The van der Waals surface area contributed by atoms with Crippen molar-refractivity contribution in [1.82, 2.24) is 25.0 Å². The number of carbonyl (C=O) groups is 4. The average molecular weight is 811 g/mol. The summed E-state index contributed by atoms with van der Waals surface area (Å²) in [6.07, 6.45) is 0.289. The molecule has 2 N–H and O–H groups in total. The molecule has 4 heterocycles. The minimum Gasteiger partial charge on any atom is -0.377 e. The molecule has 13 nitrogen and oxygen atoms in total. The van der Waals surface area contributed by atoms with E-state index in [4.69, 9.17) is 17.0 Å². The largest absolute Gasteiger partial charge is 0.417 e. The number of nitriles is 1. The van der Waals surface area contributed by atoms with Crippen LogP contribution in [0.15, 0.2) is 36.5 Å². The summed E-state index contributed by atoms with van der Waals surface area (Å²) in [5.74, 6) is -0.935. The van der Waals surface area contributed by atoms with Gasteiger partial charge in [-0.3, -0.25) is 39.2 Å². The van der Waals surface area contributed by atoms with Crippen LogP contribution in [0, 0.1) is 11.3 Å². The summed E-state index contributed by atoms with van der Waals surface area (Å²) in [4.78, 5) is 62.9. The zero-order valence-electron chi connectivity index (χ0n) is 32.8. The topological polar surface area (TPSA) is 151 Å². The van der Waals surface area contributed by atoms with Crippen LogP contribution in [-0.4, -0.2) is 111 Å². The molecular weight excluding hydrogens is 762 g/mol. The molecule has 1 aromatic carbocycles. The Balaban J connectivity index is 0.960. The van der Waals surface area contributed by atoms with Gasteiger partial charge in [0.1, 0.15) is 11.4 Å². The first-order valence-electron chi connectivity index (χ1n) is 19.3. The Labute approximate surface area is 335 Å². The molecule has 2 aromatic rings. The van der Waals surface area contributed by atoms with E-state index in [1.165, 1.54) is 6.07 Å². The molecule has 3 atom stereocenters. The smallest absolute Gasteiger partial charge is 0.377 e. The summed E-state index contributed by atoms with van der Waals surface area (Å²) >= 11 is 5.74. The van der Waals surface area contributed by atoms with Crippen LogP contribution in [-0.2, 0) is 35.5 Å². The summed E-state index contributed by atoms with van der Waals surface area (Å²) in [6, 6.07) is 8.30. The van der Waals surface area contributed by atoms with Crippen LogP contribution < -0.4 is 15.5 Å². The summed E-state index contributed by atoms with van der Waals surface area (Å²) in [7, 11) is 0. The van der Waals surface area contributed by atoms with E-state index >= 15 is 0 Å². The molecule has 6 rings (SSSR count). The van der Waals surface area contributed by atoms with Gasteiger partial charge in [-0.1, -0.05) is 0 Å². The number of hydrogen-bond acceptors (Lipinski definition) is 10. The lowest BCUT2D eigenvalue weighted by molar-refractivity contribution is -0.138. The van der Waals surface area contributed by atoms with Crippen LogP contribution in [0.2, 0.25) is 0 Å². The standard InChI is InChI=1S/C40H49F3N8O5S/c1-24-21-48(22-25(2)49(24)23-34(53)46-32-18-27(13-15-45-32)39(5)14-12-33(52)47-35(39)54)16-17-56-30-10-8-28(9-11-30)51-37(57)50(36(55)38(51,3)4)29-7-6-26(20-44)31(19-29)40(41,42)43/h6-7,13,15,18-19,24-25,28,30H,8-12,14,16-17,21-23H2,1-5H3,(H,45,46,53)(H,47,52,54)/t24-,25+,28-,30-,39-/m1/s1. The number of piperazine rings is 1. The van der Waals surface area contributed by atoms with E-state index in [0.717, 1.165) is 49.5 Å². The maximum atomic E-state index is 13.7. The number of hydrogen-bond donors (Lipinski definition) is 2. The van der Waals surface area contributed by atoms with E-state index < -0.39 is 34.2 Å². The van der Waals surface area contributed by atoms with Crippen molar-refractivity contribution >= 4 is 52.5 Å². The summed E-state index contributed by atoms with van der Waals surface area (Å²) < 4.78 is 47.5. The van der Waals surface area contributed by atoms with Gasteiger partial charge in [-0.15, -0.1) is 0 Å². The second kappa shape index (κ2) is 16.4. The van der Waals surface area contributed by atoms with E-state index in [1.54, 1.807) is 45.2 Å². The number of piperidine rings is 1. The molecule has 17 heteroatoms. The van der Waals surface area contributed by atoms with Crippen molar-refractivity contribution in [2.45, 2.75) is 115 Å². The summed E-state index contributed by atoms with van der Waals surface area (Å²) in [5.41, 5.74) is -2.93. The van der Waals surface area contributed by atoms with Gasteiger partial charge in [-0.25, -0.2) is 4.98 Å². The molecule has 3 saturated heterocycles. The lowest BCUT2D eigenvalue weighted by atomic mass is 9.76. The normalized spacial score (nSPS) is 27.4. The van der Waals surface area contributed by atoms with Crippen molar-refractivity contribution in [2.24, 2.45) is 0 Å². The molecule has 0 spiro atoms. The zero-order chi connectivity index (χ0) is 41.4. The number of nitrogens with one attached hydrogen (secondary N) is 2. The number of carbonyl (C=O) groups excluding carboxylic acids is 4. The van der Waals surface area contributed by atoms with E-state index in [-0.39, 0.29) is 65.7 Å². The van der Waals surface area contributed by atoms with Gasteiger partial charge in [-0.2, -0.15) is 18.4 Å². The van der Waals surface area contributed by atoms with Crippen molar-refractivity contribution in [2.75, 3.05) is 43.0 Å². The third-order valence-corrected chi connectivity index (χ3v) is 12.3. The Morgan fingerprint density at radius 1 is 1.07 bits per heavy atom. The lowest BCUT2D eigenvalue weighted by Gasteiger charge is -2.44. The molecule has 1 aromatic heterocycles. The quantitative estimate of drug-likeness (QED) is 0.253. The fourth-order valence-corrected chi connectivity index (χ4v) is 9.27. The summed E-state index contributed by atoms with van der Waals surface area (Å²) in [6.45, 7) is 12.4. The molecule has 1 aliphatic carbocycles. The van der Waals surface area contributed by atoms with Gasteiger partial charge < -0.3 is 15.0 Å². The SMILES string of the molecule is C[C@@H]1CN(CCO[C@H]2CC[C@H](N3C(=S)N(c4ccc(C#N)c(C(F)(F)F)c4)C(=O)C3(C)C)CC2)C[C@H](C)N1CC(=O)Nc1cc([C@@]2(C)CCC(=O)NC2=O)ccn1. The maximum absolute atomic E-state index is 13.7. The van der Waals surface area contributed by atoms with Crippen LogP contribution in [0.3, 0.4) is 0 Å². The number of benzene rings is 1. The second-order valence-corrected chi connectivity index (χ2v) is 16.7. The van der Waals surface area contributed by atoms with Crippen LogP contribution in [0.4, 0.5) is 24.7 Å². The Morgan fingerprint density at radius 3 is 2.39 bits per heavy atom. The number of amides is 4. The number of anilines is 2. The van der Waals surface area contributed by atoms with Gasteiger partial charge in [0.2, 0.25) is 17.7 Å². The molecule has 3 aliphatic heterocycles. The first-order valence-corrected chi connectivity index (χ1v) is 19.7. The van der Waals surface area contributed by atoms with Crippen LogP contribution in [0.5, 0.6) is 0 Å². The number of imide groups is 1. The van der Waals surface area contributed by atoms with Crippen molar-refractivity contribution in [1.29, 1.82) is 5.26 Å². The fraction of sp³-hybridized carbons (Fsp3) is 0.575. The fourth-order valence-electron chi connectivity index (χ4n) is 8.70. The number of rotatable bonds is 10. The lowest BCUT2D eigenvalue weighted by Crippen LogP contribution is -2.58. The van der Waals surface area contributed by atoms with Crippen molar-refractivity contribution < 1.29 is 37.1 Å². The second-order valence-electron chi connectivity index (χ2n) is 16.3. The molecular formula is C40H49F3N8O5S. The molecule has 0 unspecified atom stereocenters. The molecule has 4 fully saturated rings. The van der Waals surface area contributed by atoms with E-state index in [0.29, 0.717) is 37.3 Å². The zero-order valence-corrected chi connectivity index (χ0v) is 33.6. The van der Waals surface area contributed by atoms with Gasteiger partial charge in [0.25, 0.3) is 5.91 Å². The number of aromatic nitrogens is 1. The minimum absolute atomic E-state index is 0.0159. The Kier molecular flexibility index (Phi) is 12.1. The number of nitrogens with zero attached hydrogens (tertiary/aromatic N) is 6. The van der Waals surface area contributed by atoms with Crippen LogP contribution in [0.25, 0.3) is 0 Å². The first-order chi connectivity index (χ1) is 26.8. The van der Waals surface area contributed by atoms with Crippen molar-refractivity contribution in [3.05, 3.63) is 53.2 Å². The predicted octanol–water partition coefficient (Wildman–Crippen LogP) is 4.74. The molecule has 0 bridgehead atoms. The number of ether oxygens (including phenoxy) is 1. The Hall–Kier alpha value is -4.50. The number of halogens is 3. The van der Waals surface area contributed by atoms with E-state index in [9.17, 15) is 37.6 Å². The van der Waals surface area contributed by atoms with E-state index in [2.05, 4.69) is 39.3 Å². The highest BCUT2D eigenvalue weighted by Crippen LogP contribution is 2.41. The monoisotopic (exact) mass is 810 g/mol. The number of pyridine rings is 1. The third-order valence-electron chi connectivity index (χ3n) is 12.0. The predicted molar refractivity (Wildman–Crippen MR) is 209 cm³/mol. The third kappa shape index (κ3) is 8.69. The maximum Gasteiger partial charge on any atom is 0.417 e. The van der Waals surface area contributed by atoms with Gasteiger partial charge in [0, 0.05) is 50.4 Å². The Morgan fingerprint density at radius 2 is 1.75 bits per heavy atom.